The molecule has 3 nitrogen and oxygen atoms in total. The third-order valence-electron chi connectivity index (χ3n) is 3.30. The molecule has 0 heterocycles. The molecule has 4 heteroatoms. The van der Waals surface area contributed by atoms with Gasteiger partial charge in [-0.15, -0.1) is 0 Å². The van der Waals surface area contributed by atoms with Crippen LogP contribution in [0.15, 0.2) is 48.5 Å². The molecule has 0 bridgehead atoms. The molecule has 0 aliphatic rings. The number of benzene rings is 2. The van der Waals surface area contributed by atoms with Crippen LogP contribution >= 0.6 is 0 Å². The van der Waals surface area contributed by atoms with Gasteiger partial charge in [0.2, 0.25) is 0 Å². The average molecular weight is 275 g/mol. The number of nitrogens with one attached hydrogen (secondary N) is 1. The van der Waals surface area contributed by atoms with Crippen molar-refractivity contribution in [2.24, 2.45) is 0 Å². The van der Waals surface area contributed by atoms with Crippen molar-refractivity contribution in [1.29, 1.82) is 0 Å². The van der Waals surface area contributed by atoms with E-state index in [0.29, 0.717) is 5.56 Å². The summed E-state index contributed by atoms with van der Waals surface area (Å²) in [4.78, 5) is 0. The van der Waals surface area contributed by atoms with E-state index in [9.17, 15) is 9.50 Å². The molecule has 0 fully saturated rings. The number of anilines is 1. The average Bonchev–Trinajstić information content (AvgIpc) is 2.48. The fraction of sp³-hybridized carbons (Fsp3) is 0.250. The van der Waals surface area contributed by atoms with Gasteiger partial charge in [-0.3, -0.25) is 0 Å². The molecule has 0 radical (unpaired) electrons. The highest BCUT2D eigenvalue weighted by molar-refractivity contribution is 5.48. The molecule has 0 saturated heterocycles. The summed E-state index contributed by atoms with van der Waals surface area (Å²) in [7, 11) is 1.42. The molecule has 0 aromatic heterocycles. The Kier molecular flexibility index (Phi) is 4.25. The van der Waals surface area contributed by atoms with E-state index in [1.807, 2.05) is 37.3 Å². The van der Waals surface area contributed by atoms with Crippen LogP contribution in [0.2, 0.25) is 0 Å². The number of ether oxygens (including phenoxy) is 1. The Hall–Kier alpha value is -2.07. The van der Waals surface area contributed by atoms with Gasteiger partial charge in [0.1, 0.15) is 0 Å². The Morgan fingerprint density at radius 2 is 1.90 bits per heavy atom. The van der Waals surface area contributed by atoms with Gasteiger partial charge in [0.15, 0.2) is 11.6 Å². The third kappa shape index (κ3) is 2.91. The van der Waals surface area contributed by atoms with Crippen molar-refractivity contribution in [3.05, 3.63) is 59.9 Å². The molecule has 0 spiro atoms. The second kappa shape index (κ2) is 5.92. The summed E-state index contributed by atoms with van der Waals surface area (Å²) in [6.45, 7) is 1.66. The van der Waals surface area contributed by atoms with Crippen LogP contribution in [-0.4, -0.2) is 18.8 Å². The smallest absolute Gasteiger partial charge is 0.165 e. The van der Waals surface area contributed by atoms with Crippen LogP contribution < -0.4 is 10.1 Å². The molecule has 2 aromatic carbocycles. The topological polar surface area (TPSA) is 41.5 Å². The molecule has 106 valence electrons. The summed E-state index contributed by atoms with van der Waals surface area (Å²) in [6, 6.07) is 14.2. The molecule has 2 N–H and O–H groups in total. The molecule has 1 unspecified atom stereocenters. The minimum atomic E-state index is -0.769. The van der Waals surface area contributed by atoms with Crippen LogP contribution in [-0.2, 0) is 5.54 Å². The standard InChI is InChI=1S/C16H18FNO2/c1-16(11-19,18-13-6-4-3-5-7-13)12-8-9-15(20-2)14(17)10-12/h3-10,18-19H,11H2,1-2H3. The maximum absolute atomic E-state index is 13.8. The molecule has 2 aromatic rings. The van der Waals surface area contributed by atoms with E-state index in [1.54, 1.807) is 12.1 Å². The number of methoxy groups -OCH3 is 1. The van der Waals surface area contributed by atoms with E-state index in [-0.39, 0.29) is 12.4 Å². The zero-order chi connectivity index (χ0) is 14.6. The Balaban J connectivity index is 2.33. The van der Waals surface area contributed by atoms with Gasteiger partial charge < -0.3 is 15.2 Å². The Bertz CT molecular complexity index is 574. The summed E-state index contributed by atoms with van der Waals surface area (Å²) in [6.07, 6.45) is 0. The van der Waals surface area contributed by atoms with Crippen molar-refractivity contribution in [2.75, 3.05) is 19.0 Å². The molecule has 0 aliphatic heterocycles. The quantitative estimate of drug-likeness (QED) is 0.880. The highest BCUT2D eigenvalue weighted by Crippen LogP contribution is 2.29. The van der Waals surface area contributed by atoms with Crippen LogP contribution in [0.25, 0.3) is 0 Å². The van der Waals surface area contributed by atoms with E-state index in [1.165, 1.54) is 13.2 Å². The predicted molar refractivity (Wildman–Crippen MR) is 77.5 cm³/mol. The highest BCUT2D eigenvalue weighted by Gasteiger charge is 2.26. The molecule has 20 heavy (non-hydrogen) atoms. The maximum atomic E-state index is 13.8. The summed E-state index contributed by atoms with van der Waals surface area (Å²) >= 11 is 0. The van der Waals surface area contributed by atoms with Gasteiger partial charge >= 0.3 is 0 Å². The fourth-order valence-corrected chi connectivity index (χ4v) is 2.05. The van der Waals surface area contributed by atoms with Gasteiger partial charge in [0.05, 0.1) is 19.3 Å². The van der Waals surface area contributed by atoms with Crippen molar-refractivity contribution in [1.82, 2.24) is 0 Å². The largest absolute Gasteiger partial charge is 0.494 e. The van der Waals surface area contributed by atoms with Crippen LogP contribution in [0.3, 0.4) is 0 Å². The zero-order valence-corrected chi connectivity index (χ0v) is 11.6. The van der Waals surface area contributed by atoms with Crippen molar-refractivity contribution < 1.29 is 14.2 Å². The van der Waals surface area contributed by atoms with E-state index in [4.69, 9.17) is 4.74 Å². The number of halogens is 1. The SMILES string of the molecule is COc1ccc(C(C)(CO)Nc2ccccc2)cc1F. The number of aliphatic hydroxyl groups is 1. The molecule has 0 amide bonds. The van der Waals surface area contributed by atoms with Crippen molar-refractivity contribution in [3.8, 4) is 5.75 Å². The maximum Gasteiger partial charge on any atom is 0.165 e. The minimum absolute atomic E-state index is 0.159. The lowest BCUT2D eigenvalue weighted by atomic mass is 9.92. The first-order valence-corrected chi connectivity index (χ1v) is 6.37. The molecule has 0 aliphatic carbocycles. The summed E-state index contributed by atoms with van der Waals surface area (Å²) in [5, 5.41) is 12.9. The Morgan fingerprint density at radius 3 is 2.45 bits per heavy atom. The van der Waals surface area contributed by atoms with E-state index in [0.717, 1.165) is 5.69 Å². The van der Waals surface area contributed by atoms with Crippen LogP contribution in [0.1, 0.15) is 12.5 Å². The molecule has 1 atom stereocenters. The Morgan fingerprint density at radius 1 is 1.20 bits per heavy atom. The van der Waals surface area contributed by atoms with Crippen LogP contribution in [0.5, 0.6) is 5.75 Å². The third-order valence-corrected chi connectivity index (χ3v) is 3.30. The summed E-state index contributed by atoms with van der Waals surface area (Å²) in [5.74, 6) is -0.256. The lowest BCUT2D eigenvalue weighted by Crippen LogP contribution is -2.35. The highest BCUT2D eigenvalue weighted by atomic mass is 19.1. The normalized spacial score (nSPS) is 13.6. The van der Waals surface area contributed by atoms with Gasteiger partial charge in [0, 0.05) is 5.69 Å². The molecular weight excluding hydrogens is 257 g/mol. The van der Waals surface area contributed by atoms with Gasteiger partial charge in [-0.1, -0.05) is 24.3 Å². The first-order chi connectivity index (χ1) is 9.59. The lowest BCUT2D eigenvalue weighted by molar-refractivity contribution is 0.223. The Labute approximate surface area is 118 Å². The number of rotatable bonds is 5. The van der Waals surface area contributed by atoms with Crippen molar-refractivity contribution >= 4 is 5.69 Å². The van der Waals surface area contributed by atoms with Gasteiger partial charge in [0.25, 0.3) is 0 Å². The summed E-state index contributed by atoms with van der Waals surface area (Å²) < 4.78 is 18.7. The van der Waals surface area contributed by atoms with E-state index < -0.39 is 11.4 Å². The number of hydrogen-bond acceptors (Lipinski definition) is 3. The van der Waals surface area contributed by atoms with Gasteiger partial charge in [-0.25, -0.2) is 4.39 Å². The predicted octanol–water partition coefficient (Wildman–Crippen LogP) is 3.15. The first-order valence-electron chi connectivity index (χ1n) is 6.37. The lowest BCUT2D eigenvalue weighted by Gasteiger charge is -2.30. The number of para-hydroxylation sites is 1. The second-order valence-electron chi connectivity index (χ2n) is 4.83. The van der Waals surface area contributed by atoms with Crippen LogP contribution in [0.4, 0.5) is 10.1 Å². The number of aliphatic hydroxyl groups excluding tert-OH is 1. The van der Waals surface area contributed by atoms with Gasteiger partial charge in [-0.05, 0) is 36.8 Å². The van der Waals surface area contributed by atoms with Crippen molar-refractivity contribution in [2.45, 2.75) is 12.5 Å². The molecule has 0 saturated carbocycles. The zero-order valence-electron chi connectivity index (χ0n) is 11.6. The fourth-order valence-electron chi connectivity index (χ4n) is 2.05. The van der Waals surface area contributed by atoms with Gasteiger partial charge in [-0.2, -0.15) is 0 Å². The summed E-state index contributed by atoms with van der Waals surface area (Å²) in [5.41, 5.74) is 0.747. The van der Waals surface area contributed by atoms with E-state index >= 15 is 0 Å². The van der Waals surface area contributed by atoms with Crippen molar-refractivity contribution in [3.63, 3.8) is 0 Å². The second-order valence-corrected chi connectivity index (χ2v) is 4.83. The minimum Gasteiger partial charge on any atom is -0.494 e. The monoisotopic (exact) mass is 275 g/mol. The van der Waals surface area contributed by atoms with E-state index in [2.05, 4.69) is 5.32 Å². The first kappa shape index (κ1) is 14.3. The van der Waals surface area contributed by atoms with Crippen LogP contribution in [0, 0.1) is 5.82 Å². The molecular formula is C16H18FNO2. The molecule has 2 rings (SSSR count). The number of hydrogen-bond donors (Lipinski definition) is 2.